The molecule has 4 rings (SSSR count). The molecule has 0 saturated carbocycles. The molecule has 0 spiro atoms. The second-order valence-electron chi connectivity index (χ2n) is 6.96. The topological polar surface area (TPSA) is 112 Å². The van der Waals surface area contributed by atoms with Gasteiger partial charge in [0.05, 0.1) is 28.7 Å². The minimum atomic E-state index is -0.495. The maximum absolute atomic E-state index is 12.8. The molecule has 0 bridgehead atoms. The lowest BCUT2D eigenvalue weighted by Gasteiger charge is -2.27. The zero-order valence-corrected chi connectivity index (χ0v) is 18.3. The van der Waals surface area contributed by atoms with E-state index in [9.17, 15) is 9.59 Å². The zero-order valence-electron chi connectivity index (χ0n) is 16.8. The molecule has 3 N–H and O–H groups in total. The Hall–Kier alpha value is -3.27. The third kappa shape index (κ3) is 5.31. The van der Waals surface area contributed by atoms with E-state index in [4.69, 9.17) is 23.2 Å². The maximum Gasteiger partial charge on any atom is 0.275 e. The van der Waals surface area contributed by atoms with Crippen LogP contribution in [0.4, 0.5) is 17.3 Å². The van der Waals surface area contributed by atoms with Crippen molar-refractivity contribution < 1.29 is 9.59 Å². The van der Waals surface area contributed by atoms with Crippen molar-refractivity contribution in [3.63, 3.8) is 0 Å². The average Bonchev–Trinajstić information content (AvgIpc) is 2.82. The Kier molecular flexibility index (Phi) is 6.79. The Balaban J connectivity index is 1.49. The van der Waals surface area contributed by atoms with Crippen molar-refractivity contribution >= 4 is 52.3 Å². The van der Waals surface area contributed by atoms with E-state index in [1.807, 2.05) is 0 Å². The van der Waals surface area contributed by atoms with Crippen LogP contribution in [0.15, 0.2) is 48.9 Å². The summed E-state index contributed by atoms with van der Waals surface area (Å²) in [7, 11) is 0. The zero-order chi connectivity index (χ0) is 22.5. The van der Waals surface area contributed by atoms with Gasteiger partial charge in [-0.3, -0.25) is 9.59 Å². The molecule has 0 aliphatic carbocycles. The van der Waals surface area contributed by atoms with Gasteiger partial charge in [-0.25, -0.2) is 15.0 Å². The molecule has 1 aliphatic heterocycles. The summed E-state index contributed by atoms with van der Waals surface area (Å²) in [6.45, 7) is 3.39. The maximum atomic E-state index is 12.8. The SMILES string of the molecule is O=C(Nc1ccc(Cl)cc1C(=O)Nc1ccc(Cl)cn1)c1cnc(N2CCNCC2)cn1. The fourth-order valence-electron chi connectivity index (χ4n) is 3.13. The quantitative estimate of drug-likeness (QED) is 0.523. The Morgan fingerprint density at radius 2 is 1.66 bits per heavy atom. The third-order valence-corrected chi connectivity index (χ3v) is 5.21. The molecule has 0 atom stereocenters. The number of carbonyl (C=O) groups is 2. The fourth-order valence-corrected chi connectivity index (χ4v) is 3.41. The first-order valence-electron chi connectivity index (χ1n) is 9.81. The van der Waals surface area contributed by atoms with Gasteiger partial charge in [0, 0.05) is 37.4 Å². The van der Waals surface area contributed by atoms with Gasteiger partial charge in [0.25, 0.3) is 11.8 Å². The van der Waals surface area contributed by atoms with Gasteiger partial charge in [-0.05, 0) is 30.3 Å². The molecule has 2 amide bonds. The Morgan fingerprint density at radius 1 is 0.875 bits per heavy atom. The summed E-state index contributed by atoms with van der Waals surface area (Å²) in [5.74, 6) is 0.0409. The molecule has 0 unspecified atom stereocenters. The van der Waals surface area contributed by atoms with E-state index in [1.54, 1.807) is 30.5 Å². The van der Waals surface area contributed by atoms with E-state index in [-0.39, 0.29) is 16.9 Å². The first-order valence-corrected chi connectivity index (χ1v) is 10.6. The van der Waals surface area contributed by atoms with E-state index in [0.29, 0.717) is 21.7 Å². The van der Waals surface area contributed by atoms with Crippen LogP contribution in [0.3, 0.4) is 0 Å². The monoisotopic (exact) mass is 471 g/mol. The largest absolute Gasteiger partial charge is 0.353 e. The molecule has 11 heteroatoms. The summed E-state index contributed by atoms with van der Waals surface area (Å²) in [4.78, 5) is 40.2. The highest BCUT2D eigenvalue weighted by molar-refractivity contribution is 6.31. The molecule has 1 aromatic carbocycles. The Morgan fingerprint density at radius 3 is 2.34 bits per heavy atom. The molecule has 0 radical (unpaired) electrons. The summed E-state index contributed by atoms with van der Waals surface area (Å²) in [5.41, 5.74) is 0.580. The lowest BCUT2D eigenvalue weighted by atomic mass is 10.1. The second kappa shape index (κ2) is 9.90. The van der Waals surface area contributed by atoms with Crippen LogP contribution in [-0.2, 0) is 0 Å². The number of benzene rings is 1. The Labute approximate surface area is 194 Å². The van der Waals surface area contributed by atoms with E-state index in [2.05, 4.69) is 35.8 Å². The van der Waals surface area contributed by atoms with Crippen LogP contribution >= 0.6 is 23.2 Å². The van der Waals surface area contributed by atoms with Gasteiger partial charge in [-0.1, -0.05) is 23.2 Å². The van der Waals surface area contributed by atoms with Crippen LogP contribution in [0.25, 0.3) is 0 Å². The van der Waals surface area contributed by atoms with Crippen LogP contribution in [0.2, 0.25) is 10.0 Å². The first-order chi connectivity index (χ1) is 15.5. The van der Waals surface area contributed by atoms with E-state index in [0.717, 1.165) is 26.2 Å². The molecular formula is C21H19Cl2N7O2. The number of halogens is 2. The van der Waals surface area contributed by atoms with Crippen molar-refractivity contribution in [3.05, 3.63) is 70.2 Å². The number of anilines is 3. The molecule has 3 heterocycles. The lowest BCUT2D eigenvalue weighted by molar-refractivity contribution is 0.102. The number of nitrogens with one attached hydrogen (secondary N) is 3. The van der Waals surface area contributed by atoms with E-state index in [1.165, 1.54) is 18.5 Å². The van der Waals surface area contributed by atoms with Gasteiger partial charge in [0.1, 0.15) is 17.3 Å². The van der Waals surface area contributed by atoms with Crippen molar-refractivity contribution in [1.82, 2.24) is 20.3 Å². The lowest BCUT2D eigenvalue weighted by Crippen LogP contribution is -2.44. The van der Waals surface area contributed by atoms with Crippen LogP contribution in [0.5, 0.6) is 0 Å². The molecular weight excluding hydrogens is 453 g/mol. The molecule has 3 aromatic rings. The number of carbonyl (C=O) groups excluding carboxylic acids is 2. The van der Waals surface area contributed by atoms with Gasteiger partial charge < -0.3 is 20.9 Å². The van der Waals surface area contributed by atoms with Crippen molar-refractivity contribution in [1.29, 1.82) is 0 Å². The molecule has 2 aromatic heterocycles. The molecule has 1 fully saturated rings. The number of aromatic nitrogens is 3. The van der Waals surface area contributed by atoms with Crippen molar-refractivity contribution in [2.75, 3.05) is 41.7 Å². The predicted molar refractivity (Wildman–Crippen MR) is 124 cm³/mol. The number of amides is 2. The van der Waals surface area contributed by atoms with Crippen molar-refractivity contribution in [3.8, 4) is 0 Å². The number of hydrogen-bond acceptors (Lipinski definition) is 7. The number of hydrogen-bond donors (Lipinski definition) is 3. The van der Waals surface area contributed by atoms with Crippen LogP contribution in [0, 0.1) is 0 Å². The van der Waals surface area contributed by atoms with Gasteiger partial charge >= 0.3 is 0 Å². The Bertz CT molecular complexity index is 1120. The molecule has 9 nitrogen and oxygen atoms in total. The average molecular weight is 472 g/mol. The number of rotatable bonds is 5. The van der Waals surface area contributed by atoms with Crippen LogP contribution in [0.1, 0.15) is 20.8 Å². The number of piperazine rings is 1. The van der Waals surface area contributed by atoms with Crippen molar-refractivity contribution in [2.45, 2.75) is 0 Å². The van der Waals surface area contributed by atoms with Crippen LogP contribution in [-0.4, -0.2) is 52.9 Å². The smallest absolute Gasteiger partial charge is 0.275 e. The minimum absolute atomic E-state index is 0.129. The van der Waals surface area contributed by atoms with Gasteiger partial charge in [-0.15, -0.1) is 0 Å². The summed E-state index contributed by atoms with van der Waals surface area (Å²) in [6, 6.07) is 7.76. The van der Waals surface area contributed by atoms with Crippen molar-refractivity contribution in [2.24, 2.45) is 0 Å². The predicted octanol–water partition coefficient (Wildman–Crippen LogP) is 3.09. The second-order valence-corrected chi connectivity index (χ2v) is 7.83. The molecule has 1 saturated heterocycles. The number of pyridine rings is 1. The normalized spacial score (nSPS) is 13.5. The summed E-state index contributed by atoms with van der Waals surface area (Å²) >= 11 is 11.9. The van der Waals surface area contributed by atoms with Gasteiger partial charge in [-0.2, -0.15) is 0 Å². The van der Waals surface area contributed by atoms with Gasteiger partial charge in [0.2, 0.25) is 0 Å². The highest BCUT2D eigenvalue weighted by atomic mass is 35.5. The standard InChI is InChI=1S/C21H19Cl2N7O2/c22-13-1-3-16(15(9-13)20(31)29-18-4-2-14(23)10-26-18)28-21(32)17-11-27-19(12-25-17)30-7-5-24-6-8-30/h1-4,9-12,24H,5-8H2,(H,28,32)(H,26,29,31). The van der Waals surface area contributed by atoms with Gasteiger partial charge in [0.15, 0.2) is 0 Å². The summed E-state index contributed by atoms with van der Waals surface area (Å²) in [6.07, 6.45) is 4.41. The first kappa shape index (κ1) is 21.9. The molecule has 164 valence electrons. The molecule has 1 aliphatic rings. The van der Waals surface area contributed by atoms with Crippen LogP contribution < -0.4 is 20.9 Å². The molecule has 32 heavy (non-hydrogen) atoms. The van der Waals surface area contributed by atoms with E-state index >= 15 is 0 Å². The summed E-state index contributed by atoms with van der Waals surface area (Å²) < 4.78 is 0. The number of nitrogens with zero attached hydrogens (tertiary/aromatic N) is 4. The minimum Gasteiger partial charge on any atom is -0.353 e. The van der Waals surface area contributed by atoms with E-state index < -0.39 is 11.8 Å². The fraction of sp³-hybridized carbons (Fsp3) is 0.190. The highest BCUT2D eigenvalue weighted by Crippen LogP contribution is 2.23. The highest BCUT2D eigenvalue weighted by Gasteiger charge is 2.18. The summed E-state index contributed by atoms with van der Waals surface area (Å²) in [5, 5.41) is 9.42. The third-order valence-electron chi connectivity index (χ3n) is 4.76.